The third-order valence-electron chi connectivity index (χ3n) is 2.75. The van der Waals surface area contributed by atoms with Crippen molar-refractivity contribution in [3.8, 4) is 0 Å². The summed E-state index contributed by atoms with van der Waals surface area (Å²) in [5.41, 5.74) is 2.68. The lowest BCUT2D eigenvalue weighted by molar-refractivity contribution is 0.517. The highest BCUT2D eigenvalue weighted by molar-refractivity contribution is 5.14. The molecule has 0 aliphatic carbocycles. The van der Waals surface area contributed by atoms with E-state index < -0.39 is 0 Å². The lowest BCUT2D eigenvalue weighted by Crippen LogP contribution is -2.27. The molecule has 0 radical (unpaired) electrons. The van der Waals surface area contributed by atoms with Gasteiger partial charge in [0, 0.05) is 6.04 Å². The standard InChI is InChI=1S/C15H23N/c1-13(2)11-12-16-14(3)9-10-15-7-5-4-6-8-15/h4-8,14,16H,1,9-12H2,2-3H3. The molecular formula is C15H23N. The van der Waals surface area contributed by atoms with Crippen LogP contribution in [0.15, 0.2) is 42.5 Å². The molecule has 0 spiro atoms. The van der Waals surface area contributed by atoms with E-state index in [4.69, 9.17) is 0 Å². The van der Waals surface area contributed by atoms with Crippen molar-refractivity contribution in [1.82, 2.24) is 5.32 Å². The van der Waals surface area contributed by atoms with E-state index in [1.807, 2.05) is 0 Å². The van der Waals surface area contributed by atoms with E-state index >= 15 is 0 Å². The summed E-state index contributed by atoms with van der Waals surface area (Å²) in [6.45, 7) is 9.28. The Labute approximate surface area is 99.6 Å². The fourth-order valence-corrected chi connectivity index (χ4v) is 1.66. The summed E-state index contributed by atoms with van der Waals surface area (Å²) < 4.78 is 0. The molecule has 0 amide bonds. The Morgan fingerprint density at radius 1 is 1.31 bits per heavy atom. The van der Waals surface area contributed by atoms with Gasteiger partial charge in [0.15, 0.2) is 0 Å². The van der Waals surface area contributed by atoms with Crippen LogP contribution in [-0.2, 0) is 6.42 Å². The van der Waals surface area contributed by atoms with Crippen molar-refractivity contribution in [1.29, 1.82) is 0 Å². The van der Waals surface area contributed by atoms with Crippen molar-refractivity contribution < 1.29 is 0 Å². The van der Waals surface area contributed by atoms with Crippen LogP contribution in [0.5, 0.6) is 0 Å². The van der Waals surface area contributed by atoms with E-state index in [-0.39, 0.29) is 0 Å². The van der Waals surface area contributed by atoms with Crippen molar-refractivity contribution in [2.75, 3.05) is 6.54 Å². The number of hydrogen-bond acceptors (Lipinski definition) is 1. The van der Waals surface area contributed by atoms with Gasteiger partial charge in [0.2, 0.25) is 0 Å². The zero-order chi connectivity index (χ0) is 11.8. The zero-order valence-corrected chi connectivity index (χ0v) is 10.5. The van der Waals surface area contributed by atoms with Crippen LogP contribution in [0.25, 0.3) is 0 Å². The van der Waals surface area contributed by atoms with E-state index in [0.29, 0.717) is 6.04 Å². The summed E-state index contributed by atoms with van der Waals surface area (Å²) in [4.78, 5) is 0. The highest BCUT2D eigenvalue weighted by Gasteiger charge is 2.01. The highest BCUT2D eigenvalue weighted by Crippen LogP contribution is 2.05. The summed E-state index contributed by atoms with van der Waals surface area (Å²) in [6.07, 6.45) is 3.43. The molecule has 0 saturated heterocycles. The van der Waals surface area contributed by atoms with Crippen molar-refractivity contribution in [2.24, 2.45) is 0 Å². The van der Waals surface area contributed by atoms with Crippen LogP contribution in [0.3, 0.4) is 0 Å². The summed E-state index contributed by atoms with van der Waals surface area (Å²) >= 11 is 0. The fourth-order valence-electron chi connectivity index (χ4n) is 1.66. The first kappa shape index (κ1) is 13.0. The fraction of sp³-hybridized carbons (Fsp3) is 0.467. The van der Waals surface area contributed by atoms with Gasteiger partial charge in [-0.05, 0) is 45.2 Å². The zero-order valence-electron chi connectivity index (χ0n) is 10.5. The maximum absolute atomic E-state index is 3.91. The molecule has 88 valence electrons. The van der Waals surface area contributed by atoms with Crippen LogP contribution in [0, 0.1) is 0 Å². The van der Waals surface area contributed by atoms with Gasteiger partial charge < -0.3 is 5.32 Å². The number of hydrogen-bond donors (Lipinski definition) is 1. The molecule has 0 bridgehead atoms. The summed E-state index contributed by atoms with van der Waals surface area (Å²) in [5, 5.41) is 3.52. The largest absolute Gasteiger partial charge is 0.314 e. The predicted molar refractivity (Wildman–Crippen MR) is 71.7 cm³/mol. The van der Waals surface area contributed by atoms with Crippen LogP contribution in [-0.4, -0.2) is 12.6 Å². The van der Waals surface area contributed by atoms with Gasteiger partial charge in [-0.3, -0.25) is 0 Å². The average molecular weight is 217 g/mol. The van der Waals surface area contributed by atoms with Crippen molar-refractivity contribution >= 4 is 0 Å². The van der Waals surface area contributed by atoms with Gasteiger partial charge in [-0.15, -0.1) is 6.58 Å². The monoisotopic (exact) mass is 217 g/mol. The minimum absolute atomic E-state index is 0.583. The Morgan fingerprint density at radius 3 is 2.62 bits per heavy atom. The van der Waals surface area contributed by atoms with Crippen LogP contribution >= 0.6 is 0 Å². The van der Waals surface area contributed by atoms with Gasteiger partial charge >= 0.3 is 0 Å². The molecule has 1 aromatic carbocycles. The normalized spacial score (nSPS) is 12.4. The van der Waals surface area contributed by atoms with Gasteiger partial charge in [0.25, 0.3) is 0 Å². The van der Waals surface area contributed by atoms with Crippen molar-refractivity contribution in [3.63, 3.8) is 0 Å². The summed E-state index contributed by atoms with van der Waals surface area (Å²) in [6, 6.07) is 11.3. The van der Waals surface area contributed by atoms with Gasteiger partial charge in [0.05, 0.1) is 0 Å². The Morgan fingerprint density at radius 2 is 2.00 bits per heavy atom. The lowest BCUT2D eigenvalue weighted by Gasteiger charge is -2.13. The molecule has 1 aromatic rings. The molecule has 16 heavy (non-hydrogen) atoms. The Balaban J connectivity index is 2.15. The average Bonchev–Trinajstić information content (AvgIpc) is 2.27. The van der Waals surface area contributed by atoms with E-state index in [1.165, 1.54) is 17.6 Å². The SMILES string of the molecule is C=C(C)CCNC(C)CCc1ccccc1. The molecule has 1 atom stereocenters. The van der Waals surface area contributed by atoms with E-state index in [9.17, 15) is 0 Å². The minimum atomic E-state index is 0.583. The van der Waals surface area contributed by atoms with E-state index in [2.05, 4.69) is 56.1 Å². The summed E-state index contributed by atoms with van der Waals surface area (Å²) in [7, 11) is 0. The molecule has 0 aliphatic rings. The number of nitrogens with one attached hydrogen (secondary N) is 1. The van der Waals surface area contributed by atoms with Gasteiger partial charge in [-0.1, -0.05) is 35.9 Å². The topological polar surface area (TPSA) is 12.0 Å². The van der Waals surface area contributed by atoms with Crippen LogP contribution in [0.2, 0.25) is 0 Å². The smallest absolute Gasteiger partial charge is 0.00420 e. The van der Waals surface area contributed by atoms with Crippen LogP contribution in [0.1, 0.15) is 32.3 Å². The molecule has 0 aromatic heterocycles. The Kier molecular flexibility index (Phi) is 5.87. The molecule has 1 nitrogen and oxygen atoms in total. The molecule has 1 unspecified atom stereocenters. The predicted octanol–water partition coefficient (Wildman–Crippen LogP) is 3.56. The molecular weight excluding hydrogens is 194 g/mol. The molecule has 0 fully saturated rings. The van der Waals surface area contributed by atoms with Crippen molar-refractivity contribution in [3.05, 3.63) is 48.0 Å². The third kappa shape index (κ3) is 5.72. The number of rotatable bonds is 7. The molecule has 0 aliphatic heterocycles. The van der Waals surface area contributed by atoms with Gasteiger partial charge in [0.1, 0.15) is 0 Å². The molecule has 1 heteroatoms. The molecule has 0 saturated carbocycles. The van der Waals surface area contributed by atoms with Crippen molar-refractivity contribution in [2.45, 2.75) is 39.2 Å². The first-order valence-corrected chi connectivity index (χ1v) is 6.10. The highest BCUT2D eigenvalue weighted by atomic mass is 14.9. The van der Waals surface area contributed by atoms with Crippen LogP contribution in [0.4, 0.5) is 0 Å². The minimum Gasteiger partial charge on any atom is -0.314 e. The number of aryl methyl sites for hydroxylation is 1. The molecule has 1 rings (SSSR count). The Bertz CT molecular complexity index is 302. The summed E-state index contributed by atoms with van der Waals surface area (Å²) in [5.74, 6) is 0. The second-order valence-corrected chi connectivity index (χ2v) is 4.59. The van der Waals surface area contributed by atoms with Gasteiger partial charge in [-0.2, -0.15) is 0 Å². The number of benzene rings is 1. The first-order valence-electron chi connectivity index (χ1n) is 6.10. The lowest BCUT2D eigenvalue weighted by atomic mass is 10.1. The molecule has 0 heterocycles. The van der Waals surface area contributed by atoms with Crippen LogP contribution < -0.4 is 5.32 Å². The van der Waals surface area contributed by atoms with E-state index in [1.54, 1.807) is 0 Å². The molecule has 1 N–H and O–H groups in total. The Hall–Kier alpha value is -1.08. The maximum atomic E-state index is 3.91. The van der Waals surface area contributed by atoms with E-state index in [0.717, 1.165) is 19.4 Å². The second-order valence-electron chi connectivity index (χ2n) is 4.59. The van der Waals surface area contributed by atoms with Gasteiger partial charge in [-0.25, -0.2) is 0 Å². The third-order valence-corrected chi connectivity index (χ3v) is 2.75. The quantitative estimate of drug-likeness (QED) is 0.689. The first-order chi connectivity index (χ1) is 7.68. The maximum Gasteiger partial charge on any atom is 0.00420 e. The second kappa shape index (κ2) is 7.24.